The number of para-hydroxylation sites is 1. The van der Waals surface area contributed by atoms with Gasteiger partial charge < -0.3 is 20.0 Å². The molecule has 2 aromatic heterocycles. The molecule has 2 aromatic carbocycles. The van der Waals surface area contributed by atoms with Crippen LogP contribution in [0.3, 0.4) is 0 Å². The first-order chi connectivity index (χ1) is 13.7. The number of pyridine rings is 1. The second-order valence-electron chi connectivity index (χ2n) is 6.55. The SMILES string of the molecule is CCOCCc1c[nH]c2cc(NC(=O)c3c[nH]c4ccccc4c3=O)ccc12. The Labute approximate surface area is 161 Å². The first-order valence-corrected chi connectivity index (χ1v) is 9.27. The average Bonchev–Trinajstić information content (AvgIpc) is 3.11. The summed E-state index contributed by atoms with van der Waals surface area (Å²) < 4.78 is 5.42. The highest BCUT2D eigenvalue weighted by molar-refractivity contribution is 6.06. The van der Waals surface area contributed by atoms with Crippen LogP contribution in [-0.2, 0) is 11.2 Å². The number of carbonyl (C=O) groups excluding carboxylic acids is 1. The Morgan fingerprint density at radius 2 is 1.86 bits per heavy atom. The predicted molar refractivity (Wildman–Crippen MR) is 111 cm³/mol. The monoisotopic (exact) mass is 375 g/mol. The van der Waals surface area contributed by atoms with Crippen LogP contribution in [0.5, 0.6) is 0 Å². The largest absolute Gasteiger partial charge is 0.381 e. The maximum Gasteiger partial charge on any atom is 0.261 e. The van der Waals surface area contributed by atoms with Crippen molar-refractivity contribution in [2.75, 3.05) is 18.5 Å². The molecule has 6 nitrogen and oxygen atoms in total. The lowest BCUT2D eigenvalue weighted by Crippen LogP contribution is -2.21. The van der Waals surface area contributed by atoms with E-state index in [0.29, 0.717) is 29.8 Å². The Balaban J connectivity index is 1.57. The first-order valence-electron chi connectivity index (χ1n) is 9.27. The quantitative estimate of drug-likeness (QED) is 0.448. The van der Waals surface area contributed by atoms with Crippen molar-refractivity contribution in [3.05, 3.63) is 76.2 Å². The molecule has 0 unspecified atom stereocenters. The molecule has 0 aliphatic heterocycles. The van der Waals surface area contributed by atoms with Crippen molar-refractivity contribution in [3.8, 4) is 0 Å². The van der Waals surface area contributed by atoms with Crippen LogP contribution < -0.4 is 10.7 Å². The van der Waals surface area contributed by atoms with E-state index in [9.17, 15) is 9.59 Å². The number of H-pyrrole nitrogens is 2. The van der Waals surface area contributed by atoms with E-state index in [1.807, 2.05) is 37.4 Å². The Morgan fingerprint density at radius 1 is 1.04 bits per heavy atom. The highest BCUT2D eigenvalue weighted by atomic mass is 16.5. The fourth-order valence-corrected chi connectivity index (χ4v) is 3.33. The summed E-state index contributed by atoms with van der Waals surface area (Å²) in [6, 6.07) is 12.8. The van der Waals surface area contributed by atoms with Crippen molar-refractivity contribution in [1.29, 1.82) is 0 Å². The highest BCUT2D eigenvalue weighted by Gasteiger charge is 2.14. The molecule has 0 saturated carbocycles. The number of hydrogen-bond donors (Lipinski definition) is 3. The summed E-state index contributed by atoms with van der Waals surface area (Å²) in [6.45, 7) is 3.35. The number of hydrogen-bond acceptors (Lipinski definition) is 3. The number of rotatable bonds is 6. The maximum atomic E-state index is 12.6. The van der Waals surface area contributed by atoms with E-state index >= 15 is 0 Å². The van der Waals surface area contributed by atoms with Gasteiger partial charge in [-0.05, 0) is 43.2 Å². The summed E-state index contributed by atoms with van der Waals surface area (Å²) in [4.78, 5) is 31.5. The molecule has 28 heavy (non-hydrogen) atoms. The van der Waals surface area contributed by atoms with Crippen LogP contribution in [0.25, 0.3) is 21.8 Å². The molecule has 4 aromatic rings. The summed E-state index contributed by atoms with van der Waals surface area (Å²) in [6.07, 6.45) is 4.24. The van der Waals surface area contributed by atoms with Crippen LogP contribution in [-0.4, -0.2) is 29.1 Å². The summed E-state index contributed by atoms with van der Waals surface area (Å²) in [5.74, 6) is -0.436. The number of carbonyl (C=O) groups is 1. The highest BCUT2D eigenvalue weighted by Crippen LogP contribution is 2.23. The van der Waals surface area contributed by atoms with Gasteiger partial charge in [-0.25, -0.2) is 0 Å². The van der Waals surface area contributed by atoms with Crippen molar-refractivity contribution in [3.63, 3.8) is 0 Å². The van der Waals surface area contributed by atoms with Crippen molar-refractivity contribution in [2.24, 2.45) is 0 Å². The molecule has 1 amide bonds. The molecule has 0 saturated heterocycles. The van der Waals surface area contributed by atoms with E-state index in [1.165, 1.54) is 11.8 Å². The molecule has 2 heterocycles. The molecule has 3 N–H and O–H groups in total. The normalized spacial score (nSPS) is 11.2. The summed E-state index contributed by atoms with van der Waals surface area (Å²) in [5, 5.41) is 4.41. The zero-order valence-electron chi connectivity index (χ0n) is 15.5. The molecule has 0 atom stereocenters. The topological polar surface area (TPSA) is 87.0 Å². The lowest BCUT2D eigenvalue weighted by molar-refractivity contribution is 0.102. The van der Waals surface area contributed by atoms with Gasteiger partial charge in [-0.15, -0.1) is 0 Å². The van der Waals surface area contributed by atoms with Gasteiger partial charge in [-0.3, -0.25) is 9.59 Å². The van der Waals surface area contributed by atoms with E-state index in [-0.39, 0.29) is 11.0 Å². The molecular weight excluding hydrogens is 354 g/mol. The molecule has 4 rings (SSSR count). The molecule has 0 aliphatic rings. The molecule has 0 radical (unpaired) electrons. The minimum absolute atomic E-state index is 0.0858. The summed E-state index contributed by atoms with van der Waals surface area (Å²) in [7, 11) is 0. The Bertz CT molecular complexity index is 1210. The number of amides is 1. The van der Waals surface area contributed by atoms with Gasteiger partial charge in [-0.1, -0.05) is 18.2 Å². The minimum Gasteiger partial charge on any atom is -0.381 e. The zero-order valence-corrected chi connectivity index (χ0v) is 15.5. The van der Waals surface area contributed by atoms with E-state index in [1.54, 1.807) is 18.2 Å². The lowest BCUT2D eigenvalue weighted by atomic mass is 10.1. The van der Waals surface area contributed by atoms with Gasteiger partial charge in [0.2, 0.25) is 5.43 Å². The van der Waals surface area contributed by atoms with Gasteiger partial charge in [0.1, 0.15) is 5.56 Å². The average molecular weight is 375 g/mol. The molecule has 0 aliphatic carbocycles. The van der Waals surface area contributed by atoms with Crippen LogP contribution in [0.4, 0.5) is 5.69 Å². The van der Waals surface area contributed by atoms with Gasteiger partial charge in [0.25, 0.3) is 5.91 Å². The number of aromatic nitrogens is 2. The third-order valence-corrected chi connectivity index (χ3v) is 4.78. The summed E-state index contributed by atoms with van der Waals surface area (Å²) in [5.41, 5.74) is 3.23. The van der Waals surface area contributed by atoms with Crippen LogP contribution in [0.1, 0.15) is 22.8 Å². The third-order valence-electron chi connectivity index (χ3n) is 4.78. The number of aromatic amines is 2. The molecule has 0 bridgehead atoms. The fraction of sp³-hybridized carbons (Fsp3) is 0.182. The first kappa shape index (κ1) is 18.0. The fourth-order valence-electron chi connectivity index (χ4n) is 3.33. The van der Waals surface area contributed by atoms with Gasteiger partial charge in [0.15, 0.2) is 0 Å². The lowest BCUT2D eigenvalue weighted by Gasteiger charge is -2.07. The second kappa shape index (κ2) is 7.70. The van der Waals surface area contributed by atoms with Gasteiger partial charge >= 0.3 is 0 Å². The molecular formula is C22H21N3O3. The van der Waals surface area contributed by atoms with E-state index in [0.717, 1.165) is 17.3 Å². The standard InChI is InChI=1S/C22H21N3O3/c1-2-28-10-9-14-12-23-20-11-15(7-8-16(14)20)25-22(27)18-13-24-19-6-4-3-5-17(19)21(18)26/h3-8,11-13,23H,2,9-10H2,1H3,(H,24,26)(H,25,27). The van der Waals surface area contributed by atoms with Crippen LogP contribution >= 0.6 is 0 Å². The molecule has 0 spiro atoms. The van der Waals surface area contributed by atoms with Crippen LogP contribution in [0.2, 0.25) is 0 Å². The van der Waals surface area contributed by atoms with Crippen LogP contribution in [0.15, 0.2) is 59.7 Å². The maximum absolute atomic E-state index is 12.6. The predicted octanol–water partition coefficient (Wildman–Crippen LogP) is 3.84. The van der Waals surface area contributed by atoms with Crippen LogP contribution in [0, 0.1) is 0 Å². The number of anilines is 1. The molecule has 6 heteroatoms. The van der Waals surface area contributed by atoms with Crippen molar-refractivity contribution >= 4 is 33.4 Å². The van der Waals surface area contributed by atoms with E-state index < -0.39 is 5.91 Å². The van der Waals surface area contributed by atoms with Crippen molar-refractivity contribution in [2.45, 2.75) is 13.3 Å². The second-order valence-corrected chi connectivity index (χ2v) is 6.55. The Hall–Kier alpha value is -3.38. The van der Waals surface area contributed by atoms with Gasteiger partial charge in [0.05, 0.1) is 6.61 Å². The minimum atomic E-state index is -0.436. The zero-order chi connectivity index (χ0) is 19.5. The third kappa shape index (κ3) is 3.42. The van der Waals surface area contributed by atoms with E-state index in [2.05, 4.69) is 15.3 Å². The number of benzene rings is 2. The molecule has 142 valence electrons. The molecule has 0 fully saturated rings. The Kier molecular flexibility index (Phi) is 4.95. The number of ether oxygens (including phenoxy) is 1. The smallest absolute Gasteiger partial charge is 0.261 e. The Morgan fingerprint density at radius 3 is 2.71 bits per heavy atom. The number of nitrogens with one attached hydrogen (secondary N) is 3. The van der Waals surface area contributed by atoms with Gasteiger partial charge in [-0.2, -0.15) is 0 Å². The van der Waals surface area contributed by atoms with Crippen molar-refractivity contribution in [1.82, 2.24) is 9.97 Å². The number of fused-ring (bicyclic) bond motifs is 2. The van der Waals surface area contributed by atoms with E-state index in [4.69, 9.17) is 4.74 Å². The summed E-state index contributed by atoms with van der Waals surface area (Å²) >= 11 is 0. The van der Waals surface area contributed by atoms with Gasteiger partial charge in [0, 0.05) is 46.5 Å². The van der Waals surface area contributed by atoms with Crippen molar-refractivity contribution < 1.29 is 9.53 Å².